The molecule has 5 heterocycles. The number of ether oxygens (including phenoxy) is 4. The lowest BCUT2D eigenvalue weighted by Crippen LogP contribution is -2.49. The average molecular weight is 1050 g/mol. The molecule has 3 aliphatic rings. The van der Waals surface area contributed by atoms with Crippen LogP contribution in [0.15, 0.2) is 85.6 Å². The summed E-state index contributed by atoms with van der Waals surface area (Å²) in [5.74, 6) is 0.219. The number of hydrogen-bond donors (Lipinski definition) is 2. The Bertz CT molecular complexity index is 3070. The first-order valence-electron chi connectivity index (χ1n) is 24.6. The number of nitrogens with zero attached hydrogens (tertiary/aromatic N) is 7. The minimum Gasteiger partial charge on any atom is -0.493 e. The smallest absolute Gasteiger partial charge is 0.307 e. The SMILES string of the molecule is Cc1c(Cl)c(O[C@@H](COc2ccc(OCc3ccnc([C@H]4CC[C@H](OCc5cccnc5)CC4)n3)c(C3C[C@H]3C(=O)O)c2)CN2CCN(C)CC2)c(Cl)c(C)c1-c1c(-c2ccc(F)cc2)sc2ncnc(O)c12. The first-order chi connectivity index (χ1) is 35.4. The molecule has 14 nitrogen and oxygen atoms in total. The molecule has 2 N–H and O–H groups in total. The van der Waals surface area contributed by atoms with Crippen LogP contribution >= 0.6 is 34.5 Å². The number of rotatable bonds is 18. The van der Waals surface area contributed by atoms with Crippen LogP contribution in [0.4, 0.5) is 4.39 Å². The molecule has 18 heteroatoms. The quantitative estimate of drug-likeness (QED) is 0.0834. The molecule has 73 heavy (non-hydrogen) atoms. The van der Waals surface area contributed by atoms with Crippen molar-refractivity contribution in [3.05, 3.63) is 135 Å². The topological polar surface area (TPSA) is 165 Å². The molecule has 7 aromatic rings. The maximum absolute atomic E-state index is 14.1. The van der Waals surface area contributed by atoms with Gasteiger partial charge in [0.05, 0.1) is 39.8 Å². The highest BCUT2D eigenvalue weighted by Gasteiger charge is 2.46. The Morgan fingerprint density at radius 1 is 0.904 bits per heavy atom. The van der Waals surface area contributed by atoms with Crippen LogP contribution in [0.2, 0.25) is 10.0 Å². The summed E-state index contributed by atoms with van der Waals surface area (Å²) < 4.78 is 40.2. The number of carbonyl (C=O) groups is 1. The Morgan fingerprint density at radius 2 is 1.67 bits per heavy atom. The van der Waals surface area contributed by atoms with Gasteiger partial charge in [0.2, 0.25) is 5.88 Å². The van der Waals surface area contributed by atoms with Gasteiger partial charge in [0, 0.05) is 79.2 Å². The zero-order valence-electron chi connectivity index (χ0n) is 40.8. The van der Waals surface area contributed by atoms with Crippen molar-refractivity contribution in [2.24, 2.45) is 5.92 Å². The van der Waals surface area contributed by atoms with E-state index in [1.54, 1.807) is 24.5 Å². The second-order valence-corrected chi connectivity index (χ2v) is 21.0. The minimum absolute atomic E-state index is 0.114. The molecule has 3 aromatic carbocycles. The van der Waals surface area contributed by atoms with Gasteiger partial charge in [0.15, 0.2) is 5.75 Å². The van der Waals surface area contributed by atoms with Crippen LogP contribution in [-0.2, 0) is 22.7 Å². The number of halogens is 3. The van der Waals surface area contributed by atoms with Gasteiger partial charge in [-0.3, -0.25) is 14.7 Å². The Hall–Kier alpha value is -6.01. The number of thiophene rings is 1. The Morgan fingerprint density at radius 3 is 2.38 bits per heavy atom. The fraction of sp³-hybridized carbons (Fsp3) is 0.382. The third kappa shape index (κ3) is 11.4. The largest absolute Gasteiger partial charge is 0.493 e. The third-order valence-electron chi connectivity index (χ3n) is 14.3. The van der Waals surface area contributed by atoms with E-state index in [4.69, 9.17) is 47.1 Å². The number of benzene rings is 3. The van der Waals surface area contributed by atoms with E-state index in [-0.39, 0.29) is 52.9 Å². The number of hydrogen-bond acceptors (Lipinski definition) is 14. The van der Waals surface area contributed by atoms with E-state index < -0.39 is 18.0 Å². The second-order valence-electron chi connectivity index (χ2n) is 19.3. The molecule has 4 aromatic heterocycles. The van der Waals surface area contributed by atoms with E-state index in [1.807, 2.05) is 56.4 Å². The number of carboxylic acid groups (broad SMARTS) is 1. The first-order valence-corrected chi connectivity index (χ1v) is 26.2. The summed E-state index contributed by atoms with van der Waals surface area (Å²) >= 11 is 16.0. The lowest BCUT2D eigenvalue weighted by Gasteiger charge is -2.35. The summed E-state index contributed by atoms with van der Waals surface area (Å²) in [5, 5.41) is 22.2. The molecule has 2 aliphatic carbocycles. The lowest BCUT2D eigenvalue weighted by atomic mass is 9.86. The molecule has 380 valence electrons. The van der Waals surface area contributed by atoms with Crippen molar-refractivity contribution in [1.29, 1.82) is 0 Å². The first kappa shape index (κ1) is 50.5. The zero-order chi connectivity index (χ0) is 50.8. The maximum Gasteiger partial charge on any atom is 0.307 e. The van der Waals surface area contributed by atoms with E-state index in [0.717, 1.165) is 84.9 Å². The molecule has 0 bridgehead atoms. The molecule has 3 atom stereocenters. The highest BCUT2D eigenvalue weighted by Crippen LogP contribution is 2.54. The Balaban J connectivity index is 0.872. The van der Waals surface area contributed by atoms with Crippen molar-refractivity contribution in [1.82, 2.24) is 34.7 Å². The predicted molar refractivity (Wildman–Crippen MR) is 279 cm³/mol. The van der Waals surface area contributed by atoms with E-state index >= 15 is 0 Å². The number of piperazine rings is 1. The summed E-state index contributed by atoms with van der Waals surface area (Å²) in [6.45, 7) is 8.54. The van der Waals surface area contributed by atoms with E-state index in [9.17, 15) is 19.4 Å². The van der Waals surface area contributed by atoms with Gasteiger partial charge in [-0.25, -0.2) is 24.3 Å². The van der Waals surface area contributed by atoms with Crippen molar-refractivity contribution in [3.8, 4) is 44.7 Å². The number of carboxylic acids is 1. The number of aromatic hydroxyl groups is 1. The Kier molecular flexibility index (Phi) is 15.4. The van der Waals surface area contributed by atoms with E-state index in [0.29, 0.717) is 69.3 Å². The summed E-state index contributed by atoms with van der Waals surface area (Å²) in [4.78, 5) is 40.4. The summed E-state index contributed by atoms with van der Waals surface area (Å²) in [5.41, 5.74) is 5.91. The molecule has 0 radical (unpaired) electrons. The van der Waals surface area contributed by atoms with Crippen molar-refractivity contribution in [2.75, 3.05) is 46.4 Å². The molecular formula is C55H56Cl2FN7O7S. The third-order valence-corrected chi connectivity index (χ3v) is 16.3. The van der Waals surface area contributed by atoms with Gasteiger partial charge >= 0.3 is 5.97 Å². The van der Waals surface area contributed by atoms with Gasteiger partial charge in [0.25, 0.3) is 0 Å². The fourth-order valence-electron chi connectivity index (χ4n) is 10.1. The van der Waals surface area contributed by atoms with Crippen LogP contribution in [0.5, 0.6) is 23.1 Å². The molecule has 0 amide bonds. The average Bonchev–Trinajstić information content (AvgIpc) is 4.13. The molecule has 2 saturated carbocycles. The van der Waals surface area contributed by atoms with Crippen LogP contribution in [0.3, 0.4) is 0 Å². The van der Waals surface area contributed by atoms with Gasteiger partial charge < -0.3 is 34.1 Å². The summed E-state index contributed by atoms with van der Waals surface area (Å²) in [6.07, 6.45) is 10.5. The monoisotopic (exact) mass is 1050 g/mol. The van der Waals surface area contributed by atoms with Crippen molar-refractivity contribution < 1.29 is 38.3 Å². The zero-order valence-corrected chi connectivity index (χ0v) is 43.1. The van der Waals surface area contributed by atoms with Crippen LogP contribution < -0.4 is 14.2 Å². The van der Waals surface area contributed by atoms with Gasteiger partial charge in [-0.05, 0) is 123 Å². The number of pyridine rings is 1. The molecule has 0 spiro atoms. The van der Waals surface area contributed by atoms with Crippen molar-refractivity contribution >= 4 is 50.7 Å². The lowest BCUT2D eigenvalue weighted by molar-refractivity contribution is -0.138. The van der Waals surface area contributed by atoms with Crippen molar-refractivity contribution in [2.45, 2.75) is 83.2 Å². The number of likely N-dealkylation sites (N-methyl/N-ethyl adjacent to an activating group) is 1. The fourth-order valence-corrected chi connectivity index (χ4v) is 11.7. The van der Waals surface area contributed by atoms with Crippen LogP contribution in [-0.4, -0.2) is 109 Å². The maximum atomic E-state index is 14.1. The van der Waals surface area contributed by atoms with Crippen LogP contribution in [0, 0.1) is 25.6 Å². The number of aromatic nitrogens is 5. The van der Waals surface area contributed by atoms with Gasteiger partial charge in [0.1, 0.15) is 53.6 Å². The minimum atomic E-state index is -0.852. The summed E-state index contributed by atoms with van der Waals surface area (Å²) in [7, 11) is 2.10. The van der Waals surface area contributed by atoms with Gasteiger partial charge in [-0.15, -0.1) is 11.3 Å². The summed E-state index contributed by atoms with van der Waals surface area (Å²) in [6, 6.07) is 17.5. The van der Waals surface area contributed by atoms with Crippen molar-refractivity contribution in [3.63, 3.8) is 0 Å². The molecule has 1 aliphatic heterocycles. The molecular weight excluding hydrogens is 993 g/mol. The van der Waals surface area contributed by atoms with Crippen LogP contribution in [0.1, 0.15) is 77.7 Å². The normalized spacial score (nSPS) is 19.7. The highest BCUT2D eigenvalue weighted by molar-refractivity contribution is 7.22. The highest BCUT2D eigenvalue weighted by atomic mass is 35.5. The standard InChI is InChI=1S/C55H56Cl2FN7O7S/c1-31-45(46-47-53(66)61-30-62-54(47)73-51(46)34-6-10-36(58)11-7-34)32(2)49(57)50(48(31)56)72-40(26-65-21-19-64(3)20-22-65)29-70-39-14-15-44(42(23-39)41-24-43(41)55(67)68)71-28-37-16-18-60-52(63-37)35-8-12-38(13-9-35)69-27-33-5-4-17-59-25-33/h4-7,10-11,14-18,23,25,30,35,38,40-41,43H,8-9,12-13,19-22,24,26-29H2,1-3H3,(H,67,68)(H,61,62,66)/t35-,38-,40-,41?,43-/m1/s1. The number of fused-ring (bicyclic) bond motifs is 1. The van der Waals surface area contributed by atoms with Gasteiger partial charge in [-0.2, -0.15) is 0 Å². The van der Waals surface area contributed by atoms with E-state index in [1.165, 1.54) is 29.8 Å². The molecule has 1 unspecified atom stereocenters. The van der Waals surface area contributed by atoms with Crippen LogP contribution in [0.25, 0.3) is 31.8 Å². The molecule has 10 rings (SSSR count). The Labute approximate surface area is 437 Å². The van der Waals surface area contributed by atoms with E-state index in [2.05, 4.69) is 36.8 Å². The predicted octanol–water partition coefficient (Wildman–Crippen LogP) is 11.1. The number of aliphatic carboxylic acids is 1. The van der Waals surface area contributed by atoms with Gasteiger partial charge in [-0.1, -0.05) is 41.4 Å². The molecule has 3 fully saturated rings. The molecule has 1 saturated heterocycles. The second kappa shape index (κ2) is 22.2.